The van der Waals surface area contributed by atoms with E-state index in [0.29, 0.717) is 17.8 Å². The predicted octanol–water partition coefficient (Wildman–Crippen LogP) is 3.95. The average molecular weight is 422 g/mol. The van der Waals surface area contributed by atoms with E-state index < -0.39 is 12.1 Å². The van der Waals surface area contributed by atoms with Crippen LogP contribution in [-0.2, 0) is 4.74 Å². The van der Waals surface area contributed by atoms with Crippen molar-refractivity contribution in [3.8, 4) is 0 Å². The molecule has 0 amide bonds. The zero-order valence-electron chi connectivity index (χ0n) is 16.9. The zero-order chi connectivity index (χ0) is 20.6. The summed E-state index contributed by atoms with van der Waals surface area (Å²) in [6, 6.07) is 0. The molecule has 3 fully saturated rings. The van der Waals surface area contributed by atoms with E-state index in [4.69, 9.17) is 9.84 Å². The second kappa shape index (κ2) is 8.46. The maximum atomic E-state index is 11.1. The Morgan fingerprint density at radius 1 is 1.45 bits per heavy atom. The van der Waals surface area contributed by atoms with Gasteiger partial charge in [-0.1, -0.05) is 25.5 Å². The van der Waals surface area contributed by atoms with E-state index >= 15 is 0 Å². The van der Waals surface area contributed by atoms with Crippen LogP contribution in [0.15, 0.2) is 17.5 Å². The first kappa shape index (κ1) is 21.0. The first-order chi connectivity index (χ1) is 13.9. The lowest BCUT2D eigenvalue weighted by atomic mass is 9.63. The molecule has 0 unspecified atom stereocenters. The van der Waals surface area contributed by atoms with Gasteiger partial charge in [0.25, 0.3) is 0 Å². The zero-order valence-corrected chi connectivity index (χ0v) is 17.7. The Hall–Kier alpha value is -1.28. The Morgan fingerprint density at radius 3 is 2.86 bits per heavy atom. The summed E-state index contributed by atoms with van der Waals surface area (Å²) in [5.74, 6) is -0.702. The molecule has 2 heterocycles. The normalized spacial score (nSPS) is 34.7. The highest BCUT2D eigenvalue weighted by Gasteiger charge is 2.46. The highest BCUT2D eigenvalue weighted by Crippen LogP contribution is 2.48. The van der Waals surface area contributed by atoms with Gasteiger partial charge in [0.05, 0.1) is 18.3 Å². The quantitative estimate of drug-likeness (QED) is 0.577. The predicted molar refractivity (Wildman–Crippen MR) is 110 cm³/mol. The fraction of sp³-hybridized carbons (Fsp3) is 0.727. The van der Waals surface area contributed by atoms with Crippen LogP contribution in [0.3, 0.4) is 0 Å². The highest BCUT2D eigenvalue weighted by molar-refractivity contribution is 7.09. The molecule has 1 saturated heterocycles. The molecule has 0 radical (unpaired) electrons. The molecule has 1 aromatic rings. The van der Waals surface area contributed by atoms with Crippen molar-refractivity contribution >= 4 is 17.3 Å². The molecule has 1 aliphatic heterocycles. The maximum absolute atomic E-state index is 11.1. The third-order valence-electron chi connectivity index (χ3n) is 7.49. The van der Waals surface area contributed by atoms with Gasteiger partial charge in [-0.2, -0.15) is 0 Å². The van der Waals surface area contributed by atoms with Crippen LogP contribution in [0.5, 0.6) is 0 Å². The van der Waals surface area contributed by atoms with Gasteiger partial charge >= 0.3 is 5.97 Å². The summed E-state index contributed by atoms with van der Waals surface area (Å²) in [6.45, 7) is 2.16. The van der Waals surface area contributed by atoms with E-state index in [1.807, 2.05) is 0 Å². The Kier molecular flexibility index (Phi) is 6.11. The number of carboxylic acids is 1. The van der Waals surface area contributed by atoms with Crippen LogP contribution in [0, 0.1) is 17.3 Å². The van der Waals surface area contributed by atoms with Crippen LogP contribution >= 0.6 is 11.3 Å². The van der Waals surface area contributed by atoms with Crippen molar-refractivity contribution in [3.05, 3.63) is 28.2 Å². The molecule has 0 aromatic carbocycles. The molecular weight excluding hydrogens is 390 g/mol. The second-order valence-corrected chi connectivity index (χ2v) is 9.80. The molecule has 6 atom stereocenters. The number of hydrogen-bond acceptors (Lipinski definition) is 6. The minimum Gasteiger partial charge on any atom is -0.476 e. The molecule has 2 saturated carbocycles. The molecule has 3 N–H and O–H groups in total. The summed E-state index contributed by atoms with van der Waals surface area (Å²) in [7, 11) is 0. The Labute approximate surface area is 175 Å². The van der Waals surface area contributed by atoms with E-state index in [1.165, 1.54) is 17.8 Å². The van der Waals surface area contributed by atoms with E-state index in [0.717, 1.165) is 32.1 Å². The minimum absolute atomic E-state index is 0.0332. The van der Waals surface area contributed by atoms with Gasteiger partial charge in [-0.15, -0.1) is 11.3 Å². The first-order valence-electron chi connectivity index (χ1n) is 10.8. The molecule has 6 nitrogen and oxygen atoms in total. The third kappa shape index (κ3) is 4.02. The van der Waals surface area contributed by atoms with Crippen LogP contribution in [0.2, 0.25) is 0 Å². The van der Waals surface area contributed by atoms with Gasteiger partial charge in [0, 0.05) is 17.7 Å². The van der Waals surface area contributed by atoms with Gasteiger partial charge in [-0.05, 0) is 49.9 Å². The van der Waals surface area contributed by atoms with Gasteiger partial charge in [-0.25, -0.2) is 9.78 Å². The van der Waals surface area contributed by atoms with Crippen molar-refractivity contribution < 1.29 is 24.9 Å². The van der Waals surface area contributed by atoms with Crippen molar-refractivity contribution in [3.63, 3.8) is 0 Å². The lowest BCUT2D eigenvalue weighted by molar-refractivity contribution is -0.0767. The monoisotopic (exact) mass is 421 g/mol. The number of aromatic nitrogens is 1. The summed E-state index contributed by atoms with van der Waals surface area (Å²) >= 11 is 1.33. The van der Waals surface area contributed by atoms with Gasteiger partial charge < -0.3 is 20.1 Å². The van der Waals surface area contributed by atoms with Crippen LogP contribution in [0.25, 0.3) is 0 Å². The number of ether oxygens (including phenoxy) is 1. The summed E-state index contributed by atoms with van der Waals surface area (Å²) in [6.07, 6.45) is 10.6. The second-order valence-electron chi connectivity index (χ2n) is 8.91. The van der Waals surface area contributed by atoms with Gasteiger partial charge in [0.15, 0.2) is 5.69 Å². The molecule has 4 rings (SSSR count). The fourth-order valence-electron chi connectivity index (χ4n) is 5.42. The molecule has 0 spiro atoms. The van der Waals surface area contributed by atoms with Crippen LogP contribution < -0.4 is 0 Å². The number of fused-ring (bicyclic) bond motifs is 1. The molecule has 1 aromatic heterocycles. The van der Waals surface area contributed by atoms with E-state index in [9.17, 15) is 15.0 Å². The molecule has 0 bridgehead atoms. The lowest BCUT2D eigenvalue weighted by Gasteiger charge is -2.45. The molecule has 2 aliphatic carbocycles. The number of hydrogen-bond donors (Lipinski definition) is 3. The van der Waals surface area contributed by atoms with Crippen LogP contribution in [0.1, 0.15) is 79.9 Å². The third-order valence-corrected chi connectivity index (χ3v) is 8.42. The maximum Gasteiger partial charge on any atom is 0.355 e. The van der Waals surface area contributed by atoms with Crippen molar-refractivity contribution in [2.24, 2.45) is 17.3 Å². The SMILES string of the molecule is CCC1([C@@H](O)C/C=C/[C@@H]2[C@H]3CC[C@H](c4nc(C(=O)O)cs4)O[C@H]3C[C@H]2O)CCC1. The van der Waals surface area contributed by atoms with Gasteiger partial charge in [0.1, 0.15) is 11.1 Å². The Morgan fingerprint density at radius 2 is 2.24 bits per heavy atom. The van der Waals surface area contributed by atoms with E-state index in [1.54, 1.807) is 5.38 Å². The molecule has 3 aliphatic rings. The number of thiazole rings is 1. The molecule has 160 valence electrons. The molecular formula is C22H31NO5S. The van der Waals surface area contributed by atoms with Crippen molar-refractivity contribution in [2.45, 2.75) is 82.7 Å². The van der Waals surface area contributed by atoms with E-state index in [-0.39, 0.29) is 41.3 Å². The standard InChI is InChI=1S/C22H31NO5S/c1-2-22(9-4-10-22)19(25)6-3-5-13-14-7-8-17(28-18(14)11-16(13)24)20-23-15(12-29-20)21(26)27/h3,5,12-14,16-19,24-25H,2,4,6-11H2,1H3,(H,26,27)/b5-3+/t13-,14-,16-,17-,18+,19+/m1/s1. The van der Waals surface area contributed by atoms with Crippen molar-refractivity contribution in [2.75, 3.05) is 0 Å². The summed E-state index contributed by atoms with van der Waals surface area (Å²) < 4.78 is 6.23. The Bertz CT molecular complexity index is 753. The minimum atomic E-state index is -1.02. The number of aliphatic hydroxyl groups is 2. The summed E-state index contributed by atoms with van der Waals surface area (Å²) in [4.78, 5) is 15.3. The first-order valence-corrected chi connectivity index (χ1v) is 11.7. The lowest BCUT2D eigenvalue weighted by Crippen LogP contribution is -2.40. The number of carbonyl (C=O) groups is 1. The number of aliphatic hydroxyl groups excluding tert-OH is 2. The van der Waals surface area contributed by atoms with Crippen LogP contribution in [-0.4, -0.2) is 44.6 Å². The number of carboxylic acid groups (broad SMARTS) is 1. The highest BCUT2D eigenvalue weighted by atomic mass is 32.1. The molecule has 7 heteroatoms. The summed E-state index contributed by atoms with van der Waals surface area (Å²) in [5.41, 5.74) is 0.169. The fourth-order valence-corrected chi connectivity index (χ4v) is 6.28. The largest absolute Gasteiger partial charge is 0.476 e. The van der Waals surface area contributed by atoms with Crippen molar-refractivity contribution in [1.82, 2.24) is 4.98 Å². The topological polar surface area (TPSA) is 99.9 Å². The summed E-state index contributed by atoms with van der Waals surface area (Å²) in [5, 5.41) is 32.5. The van der Waals surface area contributed by atoms with Gasteiger partial charge in [0.2, 0.25) is 0 Å². The number of rotatable bonds is 7. The smallest absolute Gasteiger partial charge is 0.355 e. The van der Waals surface area contributed by atoms with E-state index in [2.05, 4.69) is 24.1 Å². The van der Waals surface area contributed by atoms with Crippen LogP contribution in [0.4, 0.5) is 0 Å². The van der Waals surface area contributed by atoms with Crippen molar-refractivity contribution in [1.29, 1.82) is 0 Å². The number of aromatic carboxylic acids is 1. The molecule has 29 heavy (non-hydrogen) atoms. The van der Waals surface area contributed by atoms with Gasteiger partial charge in [-0.3, -0.25) is 0 Å². The number of nitrogens with zero attached hydrogens (tertiary/aromatic N) is 1. The Balaban J connectivity index is 1.35. The average Bonchev–Trinajstić information content (AvgIpc) is 3.26.